The molecule has 0 aliphatic carbocycles. The molecule has 0 bridgehead atoms. The van der Waals surface area contributed by atoms with Crippen LogP contribution in [0.25, 0.3) is 0 Å². The Morgan fingerprint density at radius 3 is 2.32 bits per heavy atom. The molecule has 22 heavy (non-hydrogen) atoms. The third kappa shape index (κ3) is 13.4. The van der Waals surface area contributed by atoms with E-state index in [0.717, 1.165) is 30.7 Å². The highest BCUT2D eigenvalue weighted by atomic mass is 35.5. The van der Waals surface area contributed by atoms with Crippen LogP contribution in [0.2, 0.25) is 0 Å². The summed E-state index contributed by atoms with van der Waals surface area (Å²) >= 11 is 6.18. The van der Waals surface area contributed by atoms with Gasteiger partial charge in [-0.3, -0.25) is 4.79 Å². The van der Waals surface area contributed by atoms with Crippen LogP contribution in [-0.2, 0) is 9.53 Å². The Morgan fingerprint density at radius 1 is 0.955 bits per heavy atom. The highest BCUT2D eigenvalue weighted by molar-refractivity contribution is 6.29. The van der Waals surface area contributed by atoms with Crippen molar-refractivity contribution in [1.82, 2.24) is 0 Å². The molecule has 0 radical (unpaired) electrons. The molecule has 0 aromatic carbocycles. The number of hydrogen-bond acceptors (Lipinski definition) is 2. The van der Waals surface area contributed by atoms with Gasteiger partial charge in [0.25, 0.3) is 0 Å². The first kappa shape index (κ1) is 20.5. The van der Waals surface area contributed by atoms with Crippen molar-refractivity contribution in [2.45, 2.75) is 46.0 Å². The van der Waals surface area contributed by atoms with Crippen LogP contribution in [-0.4, -0.2) is 13.1 Å². The smallest absolute Gasteiger partial charge is 0.309 e. The quantitative estimate of drug-likeness (QED) is 0.371. The standard InChI is InChI=1S/C19H27ClO2/c1-4-5-6-7-8-9-13-18(20)16-15-17(2)12-10-11-14-19(21)22-3/h4-5,7-8,10-11,13,15H,6,9,12,14,16H2,1-3H3/b5-4-,8-7-,11-10-,17-15-,18-13+. The highest BCUT2D eigenvalue weighted by Crippen LogP contribution is 2.13. The maximum atomic E-state index is 10.9. The molecule has 122 valence electrons. The van der Waals surface area contributed by atoms with E-state index in [-0.39, 0.29) is 5.97 Å². The number of methoxy groups -OCH3 is 1. The van der Waals surface area contributed by atoms with Crippen LogP contribution in [0.15, 0.2) is 59.2 Å². The summed E-state index contributed by atoms with van der Waals surface area (Å²) < 4.78 is 4.57. The first-order valence-corrected chi connectivity index (χ1v) is 7.96. The minimum atomic E-state index is -0.216. The minimum absolute atomic E-state index is 0.216. The SMILES string of the molecule is C/C=C\C/C=C\C/C=C(/Cl)C/C=C(/C)C/C=C\CC(=O)OC. The number of esters is 1. The van der Waals surface area contributed by atoms with Gasteiger partial charge in [-0.25, -0.2) is 0 Å². The topological polar surface area (TPSA) is 26.3 Å². The van der Waals surface area contributed by atoms with Crippen molar-refractivity contribution < 1.29 is 9.53 Å². The molecule has 0 rings (SSSR count). The lowest BCUT2D eigenvalue weighted by Gasteiger charge is -1.97. The largest absolute Gasteiger partial charge is 0.469 e. The summed E-state index contributed by atoms with van der Waals surface area (Å²) in [5, 5.41) is 0.855. The summed E-state index contributed by atoms with van der Waals surface area (Å²) in [7, 11) is 1.39. The van der Waals surface area contributed by atoms with Gasteiger partial charge in [-0.2, -0.15) is 0 Å². The first-order valence-electron chi connectivity index (χ1n) is 7.58. The highest BCUT2D eigenvalue weighted by Gasteiger charge is 1.94. The monoisotopic (exact) mass is 322 g/mol. The predicted octanol–water partition coefficient (Wildman–Crippen LogP) is 5.87. The molecule has 0 aliphatic heterocycles. The lowest BCUT2D eigenvalue weighted by molar-refractivity contribution is -0.139. The van der Waals surface area contributed by atoms with Crippen molar-refractivity contribution in [3.8, 4) is 0 Å². The van der Waals surface area contributed by atoms with E-state index in [9.17, 15) is 4.79 Å². The molecule has 0 saturated carbocycles. The Hall–Kier alpha value is -1.54. The van der Waals surface area contributed by atoms with E-state index in [1.54, 1.807) is 0 Å². The van der Waals surface area contributed by atoms with Gasteiger partial charge < -0.3 is 4.74 Å². The van der Waals surface area contributed by atoms with E-state index in [2.05, 4.69) is 36.0 Å². The van der Waals surface area contributed by atoms with Crippen LogP contribution >= 0.6 is 11.6 Å². The van der Waals surface area contributed by atoms with Gasteiger partial charge in [-0.15, -0.1) is 0 Å². The van der Waals surface area contributed by atoms with Gasteiger partial charge in [0, 0.05) is 11.5 Å². The number of allylic oxidation sites excluding steroid dienone is 9. The number of rotatable bonds is 10. The number of carbonyl (C=O) groups is 1. The Bertz CT molecular complexity index is 454. The van der Waals surface area contributed by atoms with Crippen LogP contribution in [0.1, 0.15) is 46.0 Å². The molecule has 0 fully saturated rings. The third-order valence-electron chi connectivity index (χ3n) is 2.91. The van der Waals surface area contributed by atoms with Gasteiger partial charge in [-0.1, -0.05) is 65.8 Å². The number of ether oxygens (including phenoxy) is 1. The lowest BCUT2D eigenvalue weighted by atomic mass is 10.1. The second kappa shape index (κ2) is 14.4. The molecule has 0 amide bonds. The zero-order valence-electron chi connectivity index (χ0n) is 13.8. The van der Waals surface area contributed by atoms with Crippen molar-refractivity contribution >= 4 is 17.6 Å². The number of halogens is 1. The molecular formula is C19H27ClO2. The normalized spacial score (nSPS) is 13.6. The van der Waals surface area contributed by atoms with Gasteiger partial charge in [0.15, 0.2) is 0 Å². The molecule has 0 atom stereocenters. The molecule has 0 spiro atoms. The van der Waals surface area contributed by atoms with E-state index >= 15 is 0 Å². The van der Waals surface area contributed by atoms with E-state index in [4.69, 9.17) is 11.6 Å². The summed E-state index contributed by atoms with van der Waals surface area (Å²) in [5.41, 5.74) is 1.23. The van der Waals surface area contributed by atoms with Gasteiger partial charge >= 0.3 is 5.97 Å². The summed E-state index contributed by atoms with van der Waals surface area (Å²) in [4.78, 5) is 10.9. The summed E-state index contributed by atoms with van der Waals surface area (Å²) in [6, 6.07) is 0. The Labute approximate surface area is 139 Å². The van der Waals surface area contributed by atoms with Crippen molar-refractivity contribution in [3.63, 3.8) is 0 Å². The second-order valence-corrected chi connectivity index (χ2v) is 5.36. The molecule has 2 nitrogen and oxygen atoms in total. The molecule has 0 N–H and O–H groups in total. The van der Waals surface area contributed by atoms with E-state index in [1.165, 1.54) is 12.7 Å². The van der Waals surface area contributed by atoms with Crippen LogP contribution in [0, 0.1) is 0 Å². The van der Waals surface area contributed by atoms with Crippen molar-refractivity contribution in [1.29, 1.82) is 0 Å². The lowest BCUT2D eigenvalue weighted by Crippen LogP contribution is -1.96. The van der Waals surface area contributed by atoms with Crippen LogP contribution in [0.3, 0.4) is 0 Å². The fourth-order valence-electron chi connectivity index (χ4n) is 1.57. The first-order chi connectivity index (χ1) is 10.6. The average molecular weight is 323 g/mol. The molecular weight excluding hydrogens is 296 g/mol. The maximum Gasteiger partial charge on any atom is 0.309 e. The molecule has 0 aromatic heterocycles. The van der Waals surface area contributed by atoms with Crippen molar-refractivity contribution in [3.05, 3.63) is 59.2 Å². The summed E-state index contributed by atoms with van der Waals surface area (Å²) in [6.45, 7) is 4.08. The average Bonchev–Trinajstić information content (AvgIpc) is 2.52. The van der Waals surface area contributed by atoms with E-state index in [1.807, 2.05) is 31.2 Å². The fraction of sp³-hybridized carbons (Fsp3) is 0.421. The molecule has 0 heterocycles. The van der Waals surface area contributed by atoms with E-state index < -0.39 is 0 Å². The van der Waals surface area contributed by atoms with E-state index in [0.29, 0.717) is 6.42 Å². The molecule has 0 unspecified atom stereocenters. The molecule has 0 saturated heterocycles. The second-order valence-electron chi connectivity index (χ2n) is 4.87. The Kier molecular flexibility index (Phi) is 13.4. The van der Waals surface area contributed by atoms with Crippen LogP contribution < -0.4 is 0 Å². The summed E-state index contributed by atoms with van der Waals surface area (Å²) in [6.07, 6.45) is 20.1. The van der Waals surface area contributed by atoms with Gasteiger partial charge in [0.1, 0.15) is 0 Å². The number of carbonyl (C=O) groups excluding carboxylic acids is 1. The molecule has 0 aromatic rings. The zero-order valence-corrected chi connectivity index (χ0v) is 14.6. The minimum Gasteiger partial charge on any atom is -0.469 e. The number of hydrogen-bond donors (Lipinski definition) is 0. The molecule has 3 heteroatoms. The van der Waals surface area contributed by atoms with Gasteiger partial charge in [0.2, 0.25) is 0 Å². The third-order valence-corrected chi connectivity index (χ3v) is 3.22. The molecule has 0 aliphatic rings. The van der Waals surface area contributed by atoms with Gasteiger partial charge in [-0.05, 0) is 33.1 Å². The fourth-order valence-corrected chi connectivity index (χ4v) is 1.74. The van der Waals surface area contributed by atoms with Crippen molar-refractivity contribution in [2.75, 3.05) is 7.11 Å². The van der Waals surface area contributed by atoms with Crippen LogP contribution in [0.4, 0.5) is 0 Å². The van der Waals surface area contributed by atoms with Crippen molar-refractivity contribution in [2.24, 2.45) is 0 Å². The predicted molar refractivity (Wildman–Crippen MR) is 95.9 cm³/mol. The Morgan fingerprint density at radius 2 is 1.64 bits per heavy atom. The summed E-state index contributed by atoms with van der Waals surface area (Å²) in [5.74, 6) is -0.216. The van der Waals surface area contributed by atoms with Gasteiger partial charge in [0.05, 0.1) is 13.5 Å². The zero-order chi connectivity index (χ0) is 16.6. The van der Waals surface area contributed by atoms with Crippen LogP contribution in [0.5, 0.6) is 0 Å². The maximum absolute atomic E-state index is 10.9. The Balaban J connectivity index is 4.01.